The number of aromatic nitrogens is 5. The molecule has 0 saturated carbocycles. The summed E-state index contributed by atoms with van der Waals surface area (Å²) in [7, 11) is 0. The molecule has 4 heterocycles. The van der Waals surface area contributed by atoms with Crippen molar-refractivity contribution < 1.29 is 13.2 Å². The molecule has 1 aliphatic heterocycles. The lowest BCUT2D eigenvalue weighted by Crippen LogP contribution is -2.56. The van der Waals surface area contributed by atoms with Gasteiger partial charge in [-0.05, 0) is 13.0 Å². The Kier molecular flexibility index (Phi) is 5.73. The molecule has 9 nitrogen and oxygen atoms in total. The van der Waals surface area contributed by atoms with Gasteiger partial charge in [-0.3, -0.25) is 4.40 Å². The number of hydrogen-bond donors (Lipinski definition) is 3. The topological polar surface area (TPSA) is 121 Å². The van der Waals surface area contributed by atoms with Crippen LogP contribution in [0.15, 0.2) is 41.6 Å². The lowest BCUT2D eigenvalue weighted by atomic mass is 10.0. The van der Waals surface area contributed by atoms with Crippen molar-refractivity contribution >= 4 is 29.3 Å². The number of imidazole rings is 1. The molecule has 1 fully saturated rings. The van der Waals surface area contributed by atoms with Gasteiger partial charge in [0.2, 0.25) is 0 Å². The Morgan fingerprint density at radius 3 is 2.75 bits per heavy atom. The second kappa shape index (κ2) is 8.36. The smallest absolute Gasteiger partial charge is 0.389 e. The SMILES string of the molecule is CC1CN(c2ccnc(-c3cnc4cnc(C(F)(F)F)cn34)n2)CC(/C(C=N)=C(/N)Cl)N1. The monoisotopic (exact) mass is 465 g/mol. The van der Waals surface area contributed by atoms with Gasteiger partial charge in [0.25, 0.3) is 0 Å². The van der Waals surface area contributed by atoms with Crippen molar-refractivity contribution in [2.75, 3.05) is 18.0 Å². The molecule has 1 aliphatic rings. The van der Waals surface area contributed by atoms with E-state index in [2.05, 4.69) is 25.3 Å². The van der Waals surface area contributed by atoms with E-state index in [1.165, 1.54) is 16.8 Å². The van der Waals surface area contributed by atoms with Gasteiger partial charge in [-0.1, -0.05) is 11.6 Å². The molecule has 4 N–H and O–H groups in total. The summed E-state index contributed by atoms with van der Waals surface area (Å²) in [5.41, 5.74) is 5.68. The summed E-state index contributed by atoms with van der Waals surface area (Å²) >= 11 is 5.94. The molecule has 4 rings (SSSR count). The molecule has 0 bridgehead atoms. The first-order valence-electron chi connectivity index (χ1n) is 9.57. The molecule has 2 unspecified atom stereocenters. The molecule has 3 aromatic rings. The highest BCUT2D eigenvalue weighted by Crippen LogP contribution is 2.29. The molecule has 0 aliphatic carbocycles. The first kappa shape index (κ1) is 22.0. The van der Waals surface area contributed by atoms with Gasteiger partial charge in [0.05, 0.1) is 18.4 Å². The third-order valence-corrected chi connectivity index (χ3v) is 5.29. The van der Waals surface area contributed by atoms with Gasteiger partial charge in [-0.25, -0.2) is 19.9 Å². The minimum atomic E-state index is -4.59. The minimum absolute atomic E-state index is 0.0364. The van der Waals surface area contributed by atoms with Crippen LogP contribution in [0.4, 0.5) is 19.0 Å². The molecule has 2 atom stereocenters. The second-order valence-corrected chi connectivity index (χ2v) is 7.76. The van der Waals surface area contributed by atoms with Crippen LogP contribution in [0.2, 0.25) is 0 Å². The van der Waals surface area contributed by atoms with Crippen LogP contribution >= 0.6 is 11.6 Å². The Bertz CT molecular complexity index is 1190. The average Bonchev–Trinajstić information content (AvgIpc) is 3.16. The van der Waals surface area contributed by atoms with E-state index in [1.54, 1.807) is 6.07 Å². The Morgan fingerprint density at radius 1 is 1.28 bits per heavy atom. The number of fused-ring (bicyclic) bond motifs is 1. The minimum Gasteiger partial charge on any atom is -0.389 e. The van der Waals surface area contributed by atoms with Gasteiger partial charge < -0.3 is 21.4 Å². The van der Waals surface area contributed by atoms with Crippen LogP contribution in [0.3, 0.4) is 0 Å². The molecule has 13 heteroatoms. The Balaban J connectivity index is 1.70. The van der Waals surface area contributed by atoms with Crippen molar-refractivity contribution in [1.29, 1.82) is 5.41 Å². The normalized spacial score (nSPS) is 20.3. The fourth-order valence-corrected chi connectivity index (χ4v) is 3.82. The van der Waals surface area contributed by atoms with E-state index in [1.807, 2.05) is 11.8 Å². The zero-order valence-electron chi connectivity index (χ0n) is 16.8. The maximum absolute atomic E-state index is 13.1. The van der Waals surface area contributed by atoms with Gasteiger partial charge >= 0.3 is 6.18 Å². The largest absolute Gasteiger partial charge is 0.434 e. The summed E-state index contributed by atoms with van der Waals surface area (Å²) in [6.07, 6.45) is 1.40. The summed E-state index contributed by atoms with van der Waals surface area (Å²) in [5.74, 6) is 0.794. The fraction of sp³-hybridized carbons (Fsp3) is 0.316. The number of nitrogens with two attached hydrogens (primary N) is 1. The number of nitrogens with one attached hydrogen (secondary N) is 2. The number of alkyl halides is 3. The highest BCUT2D eigenvalue weighted by atomic mass is 35.5. The third kappa shape index (κ3) is 4.23. The van der Waals surface area contributed by atoms with E-state index < -0.39 is 11.9 Å². The zero-order valence-corrected chi connectivity index (χ0v) is 17.6. The fourth-order valence-electron chi connectivity index (χ4n) is 3.64. The summed E-state index contributed by atoms with van der Waals surface area (Å²) < 4.78 is 40.6. The summed E-state index contributed by atoms with van der Waals surface area (Å²) in [4.78, 5) is 18.3. The number of rotatable bonds is 4. The van der Waals surface area contributed by atoms with Crippen LogP contribution in [0.1, 0.15) is 12.6 Å². The highest BCUT2D eigenvalue weighted by molar-refractivity contribution is 6.30. The van der Waals surface area contributed by atoms with Crippen LogP contribution in [0.25, 0.3) is 17.2 Å². The molecular weight excluding hydrogens is 447 g/mol. The van der Waals surface area contributed by atoms with Gasteiger partial charge in [-0.15, -0.1) is 0 Å². The molecule has 3 aromatic heterocycles. The number of halogens is 4. The maximum atomic E-state index is 13.1. The quantitative estimate of drug-likeness (QED) is 0.399. The Hall–Kier alpha value is -3.25. The van der Waals surface area contributed by atoms with Crippen molar-refractivity contribution in [3.8, 4) is 11.5 Å². The number of anilines is 1. The first-order chi connectivity index (χ1) is 15.2. The van der Waals surface area contributed by atoms with Crippen LogP contribution in [0.5, 0.6) is 0 Å². The second-order valence-electron chi connectivity index (χ2n) is 7.35. The van der Waals surface area contributed by atoms with E-state index >= 15 is 0 Å². The van der Waals surface area contributed by atoms with Gasteiger partial charge in [-0.2, -0.15) is 13.2 Å². The predicted molar refractivity (Wildman–Crippen MR) is 113 cm³/mol. The number of piperazine rings is 1. The van der Waals surface area contributed by atoms with Crippen LogP contribution in [-0.4, -0.2) is 55.7 Å². The van der Waals surface area contributed by atoms with E-state index in [0.717, 1.165) is 18.6 Å². The van der Waals surface area contributed by atoms with E-state index in [0.29, 0.717) is 30.2 Å². The van der Waals surface area contributed by atoms with E-state index in [-0.39, 0.29) is 28.7 Å². The molecule has 0 radical (unpaired) electrons. The van der Waals surface area contributed by atoms with Gasteiger partial charge in [0.15, 0.2) is 17.2 Å². The van der Waals surface area contributed by atoms with Crippen molar-refractivity contribution in [3.63, 3.8) is 0 Å². The van der Waals surface area contributed by atoms with Crippen LogP contribution in [-0.2, 0) is 6.18 Å². The average molecular weight is 466 g/mol. The summed E-state index contributed by atoms with van der Waals surface area (Å²) in [5, 5.41) is 11.0. The van der Waals surface area contributed by atoms with E-state index in [4.69, 9.17) is 22.7 Å². The first-order valence-corrected chi connectivity index (χ1v) is 9.95. The summed E-state index contributed by atoms with van der Waals surface area (Å²) in [6.45, 7) is 3.02. The lowest BCUT2D eigenvalue weighted by molar-refractivity contribution is -0.141. The summed E-state index contributed by atoms with van der Waals surface area (Å²) in [6, 6.07) is 1.46. The molecule has 0 aromatic carbocycles. The van der Waals surface area contributed by atoms with Crippen molar-refractivity contribution in [2.24, 2.45) is 5.73 Å². The van der Waals surface area contributed by atoms with Gasteiger partial charge in [0.1, 0.15) is 16.7 Å². The lowest BCUT2D eigenvalue weighted by Gasteiger charge is -2.38. The Labute approximate surface area is 185 Å². The van der Waals surface area contributed by atoms with Crippen LogP contribution < -0.4 is 16.0 Å². The van der Waals surface area contributed by atoms with Gasteiger partial charge in [0, 0.05) is 43.3 Å². The van der Waals surface area contributed by atoms with Crippen molar-refractivity contribution in [2.45, 2.75) is 25.2 Å². The zero-order chi connectivity index (χ0) is 23.0. The number of hydrogen-bond acceptors (Lipinski definition) is 8. The molecule has 168 valence electrons. The number of nitrogens with zero attached hydrogens (tertiary/aromatic N) is 6. The standard InChI is InChI=1S/C19H19ClF3N9/c1-10-7-31(8-12(29-10)11(4-24)17(20)25)15-2-3-26-18(30-15)13-5-28-16-6-27-14(9-32(13)16)19(21,22)23/h2-6,9-10,12,24,29H,7-8,25H2,1H3/b17-11+,24-4?. The van der Waals surface area contributed by atoms with Crippen molar-refractivity contribution in [3.05, 3.63) is 47.3 Å². The molecule has 32 heavy (non-hydrogen) atoms. The van der Waals surface area contributed by atoms with E-state index in [9.17, 15) is 13.2 Å². The maximum Gasteiger partial charge on any atom is 0.434 e. The van der Waals surface area contributed by atoms with Crippen molar-refractivity contribution in [1.82, 2.24) is 29.7 Å². The molecule has 0 amide bonds. The Morgan fingerprint density at radius 2 is 2.06 bits per heavy atom. The molecular formula is C19H19ClF3N9. The highest BCUT2D eigenvalue weighted by Gasteiger charge is 2.33. The van der Waals surface area contributed by atoms with Crippen LogP contribution in [0, 0.1) is 5.41 Å². The molecule has 0 spiro atoms. The predicted octanol–water partition coefficient (Wildman–Crippen LogP) is 2.43. The third-order valence-electron chi connectivity index (χ3n) is 5.07. The molecule has 1 saturated heterocycles.